The average molecular weight is 1640 g/mol. The van der Waals surface area contributed by atoms with E-state index < -0.39 is 29.8 Å². The van der Waals surface area contributed by atoms with Gasteiger partial charge in [0.25, 0.3) is 0 Å². The summed E-state index contributed by atoms with van der Waals surface area (Å²) in [5.41, 5.74) is 5.71. The molecule has 0 amide bonds. The van der Waals surface area contributed by atoms with Crippen LogP contribution in [0.4, 0.5) is 0 Å². The zero-order valence-corrected chi connectivity index (χ0v) is 67.9. The lowest BCUT2D eigenvalue weighted by molar-refractivity contribution is -0.138. The highest BCUT2D eigenvalue weighted by molar-refractivity contribution is 5.92. The number of nitriles is 1. The van der Waals surface area contributed by atoms with Crippen LogP contribution >= 0.6 is 0 Å². The molecule has 0 aliphatic heterocycles. The first kappa shape index (κ1) is 95.6. The van der Waals surface area contributed by atoms with Crippen molar-refractivity contribution in [2.45, 2.75) is 103 Å². The van der Waals surface area contributed by atoms with Crippen molar-refractivity contribution < 1.29 is 109 Å². The molecule has 8 rings (SSSR count). The van der Waals surface area contributed by atoms with E-state index in [1.54, 1.807) is 97.1 Å². The zero-order chi connectivity index (χ0) is 85.7. The van der Waals surface area contributed by atoms with Crippen LogP contribution in [0.5, 0.6) is 51.7 Å². The van der Waals surface area contributed by atoms with Crippen LogP contribution in [0.1, 0.15) is 127 Å². The second-order valence-corrected chi connectivity index (χ2v) is 26.2. The van der Waals surface area contributed by atoms with Crippen LogP contribution in [-0.2, 0) is 70.0 Å². The lowest BCUT2D eigenvalue weighted by atomic mass is 10.0. The first-order valence-electron chi connectivity index (χ1n) is 39.8. The number of esters is 7. The average Bonchev–Trinajstić information content (AvgIpc) is 0.858. The highest BCUT2D eigenvalue weighted by Crippen LogP contribution is 2.26. The third kappa shape index (κ3) is 42.1. The van der Waals surface area contributed by atoms with E-state index in [2.05, 4.69) is 39.0 Å². The van der Waals surface area contributed by atoms with Crippen molar-refractivity contribution in [3.8, 4) is 68.9 Å². The van der Waals surface area contributed by atoms with Gasteiger partial charge in [-0.25, -0.2) is 33.6 Å². The fourth-order valence-corrected chi connectivity index (χ4v) is 10.5. The number of nitrogens with zero attached hydrogens (tertiary/aromatic N) is 1. The van der Waals surface area contributed by atoms with Crippen LogP contribution in [0, 0.1) is 11.3 Å². The first-order chi connectivity index (χ1) is 58.6. The molecule has 0 fully saturated rings. The van der Waals surface area contributed by atoms with Gasteiger partial charge in [0, 0.05) is 43.2 Å². The van der Waals surface area contributed by atoms with Gasteiger partial charge in [0.15, 0.2) is 13.6 Å². The van der Waals surface area contributed by atoms with E-state index >= 15 is 0 Å². The molecule has 24 nitrogen and oxygen atoms in total. The summed E-state index contributed by atoms with van der Waals surface area (Å²) < 4.78 is 86.6. The fraction of sp³-hybridized carbons (Fsp3) is 0.312. The molecule has 0 unspecified atom stereocenters. The molecular weight excluding hydrogens is 1540 g/mol. The quantitative estimate of drug-likeness (QED) is 0.00854. The van der Waals surface area contributed by atoms with Crippen molar-refractivity contribution in [2.75, 3.05) is 92.9 Å². The second-order valence-electron chi connectivity index (χ2n) is 26.2. The molecule has 0 saturated carbocycles. The number of hydrogen-bond acceptors (Lipinski definition) is 24. The summed E-state index contributed by atoms with van der Waals surface area (Å²) >= 11 is 0. The Morgan fingerprint density at radius 1 is 0.258 bits per heavy atom. The molecule has 634 valence electrons. The van der Waals surface area contributed by atoms with Gasteiger partial charge in [-0.2, -0.15) is 5.26 Å². The minimum Gasteiger partial charge on any atom is -0.494 e. The normalized spacial score (nSPS) is 10.3. The van der Waals surface area contributed by atoms with E-state index in [0.717, 1.165) is 129 Å². The molecule has 0 spiro atoms. The van der Waals surface area contributed by atoms with Gasteiger partial charge in [-0.3, -0.25) is 0 Å². The van der Waals surface area contributed by atoms with Gasteiger partial charge in [0.05, 0.1) is 102 Å². The molecule has 8 aromatic carbocycles. The lowest BCUT2D eigenvalue weighted by Gasteiger charge is -2.10. The van der Waals surface area contributed by atoms with Crippen molar-refractivity contribution in [1.29, 1.82) is 5.26 Å². The summed E-state index contributed by atoms with van der Waals surface area (Å²) in [7, 11) is 0. The number of hydrogen-bond donors (Lipinski definition) is 0. The Morgan fingerprint density at radius 2 is 0.492 bits per heavy atom. The SMILES string of the molecule is C=CC(=O)OCCCCCCOc1ccc(-c2ccc(C#N)cc2)cc1.C=CC(=O)OCCCCCCOc1ccc(OCOCCc2ccc(OC(=O)c3ccc(OCCCCCCOC(=O)C=C)cc3)cc2)cc1.C=CC(=O)OCCCOc1ccc(OCOCCc2ccc(OC(=O)c3ccc(OCCCOC(=O)C=C)cc3)cc2)cc1. The summed E-state index contributed by atoms with van der Waals surface area (Å²) in [6.07, 6.45) is 19.4. The predicted octanol–water partition coefficient (Wildman–Crippen LogP) is 18.2. The maximum atomic E-state index is 12.6. The summed E-state index contributed by atoms with van der Waals surface area (Å²) in [5, 5.41) is 8.84. The van der Waals surface area contributed by atoms with Crippen molar-refractivity contribution in [1.82, 2.24) is 0 Å². The molecule has 0 heterocycles. The molecule has 0 aromatic heterocycles. The van der Waals surface area contributed by atoms with E-state index in [9.17, 15) is 33.6 Å². The Bertz CT molecular complexity index is 4390. The van der Waals surface area contributed by atoms with Crippen molar-refractivity contribution in [3.05, 3.63) is 285 Å². The molecular formula is C96H107NO23. The van der Waals surface area contributed by atoms with E-state index in [1.807, 2.05) is 97.1 Å². The number of carbonyl (C=O) groups excluding carboxylic acids is 7. The summed E-state index contributed by atoms with van der Waals surface area (Å²) in [4.78, 5) is 80.0. The van der Waals surface area contributed by atoms with E-state index in [0.29, 0.717) is 149 Å². The monoisotopic (exact) mass is 1640 g/mol. The standard InChI is InChI=1S/C40H48O10.C34H36O10.C22H23NO3/c1-3-38(41)47-28-11-7-5-9-26-45-34-19-15-33(16-20-34)40(43)50-37-17-13-32(14-18-37)25-30-44-31-49-36-23-21-35(22-24-36)46-27-10-6-8-12-29-48-39(42)4-2;1-3-32(35)41-22-5-20-39-28-13-9-27(10-14-28)34(37)44-31-11-7-26(8-12-31)19-24-38-25-43-30-17-15-29(16-18-30)40-21-6-23-42-33(36)4-2;1-2-22(24)26-16-6-4-3-5-15-25-21-13-11-20(12-14-21)19-9-7-18(17-23)8-10-19/h3-4,13-24H,1-2,5-12,25-31H2;3-4,7-18H,1-2,5-6,19-25H2;2,7-14H,1,3-6,15-16H2. The van der Waals surface area contributed by atoms with Gasteiger partial charge in [-0.05, 0) is 258 Å². The molecule has 120 heavy (non-hydrogen) atoms. The molecule has 8 aromatic rings. The summed E-state index contributed by atoms with van der Waals surface area (Å²) in [5.74, 6) is 2.83. The molecule has 0 aliphatic carbocycles. The Kier molecular flexibility index (Phi) is 47.3. The van der Waals surface area contributed by atoms with Gasteiger partial charge in [-0.15, -0.1) is 0 Å². The Morgan fingerprint density at radius 3 is 0.775 bits per heavy atom. The zero-order valence-electron chi connectivity index (χ0n) is 67.9. The number of carbonyl (C=O) groups is 7. The molecule has 24 heteroatoms. The largest absolute Gasteiger partial charge is 0.494 e. The van der Waals surface area contributed by atoms with E-state index in [4.69, 9.17) is 81.1 Å². The second kappa shape index (κ2) is 59.4. The van der Waals surface area contributed by atoms with Crippen LogP contribution in [-0.4, -0.2) is 135 Å². The first-order valence-corrected chi connectivity index (χ1v) is 39.8. The van der Waals surface area contributed by atoms with Crippen LogP contribution in [0.2, 0.25) is 0 Å². The van der Waals surface area contributed by atoms with Crippen LogP contribution in [0.15, 0.2) is 257 Å². The highest BCUT2D eigenvalue weighted by Gasteiger charge is 2.13. The highest BCUT2D eigenvalue weighted by atomic mass is 16.7. The Labute approximate surface area is 702 Å². The third-order valence-corrected chi connectivity index (χ3v) is 17.1. The van der Waals surface area contributed by atoms with Gasteiger partial charge in [0.2, 0.25) is 0 Å². The topological polar surface area (TPSA) is 291 Å². The minimum absolute atomic E-state index is 0.0968. The van der Waals surface area contributed by atoms with E-state index in [1.165, 1.54) is 12.2 Å². The molecule has 0 radical (unpaired) electrons. The molecule has 0 aliphatic rings. The summed E-state index contributed by atoms with van der Waals surface area (Å²) in [6, 6.07) is 60.2. The number of ether oxygens (including phenoxy) is 16. The van der Waals surface area contributed by atoms with E-state index in [-0.39, 0.29) is 38.7 Å². The van der Waals surface area contributed by atoms with Gasteiger partial charge < -0.3 is 75.8 Å². The van der Waals surface area contributed by atoms with Crippen LogP contribution < -0.4 is 42.6 Å². The molecule has 0 atom stereocenters. The van der Waals surface area contributed by atoms with Crippen molar-refractivity contribution in [3.63, 3.8) is 0 Å². The van der Waals surface area contributed by atoms with Gasteiger partial charge in [0.1, 0.15) is 51.7 Å². The number of rotatable bonds is 56. The third-order valence-electron chi connectivity index (χ3n) is 17.1. The number of unbranched alkanes of at least 4 members (excludes halogenated alkanes) is 9. The van der Waals surface area contributed by atoms with Crippen molar-refractivity contribution >= 4 is 41.8 Å². The Balaban J connectivity index is 0.000000292. The maximum Gasteiger partial charge on any atom is 0.343 e. The van der Waals surface area contributed by atoms with Gasteiger partial charge >= 0.3 is 41.8 Å². The molecule has 0 saturated heterocycles. The van der Waals surface area contributed by atoms with Gasteiger partial charge in [-0.1, -0.05) is 81.4 Å². The lowest BCUT2D eigenvalue weighted by Crippen LogP contribution is -2.09. The summed E-state index contributed by atoms with van der Waals surface area (Å²) in [6.45, 7) is 22.3. The van der Waals surface area contributed by atoms with Crippen molar-refractivity contribution in [2.24, 2.45) is 0 Å². The fourth-order valence-electron chi connectivity index (χ4n) is 10.5. The Hall–Kier alpha value is -13.2. The van der Waals surface area contributed by atoms with Crippen LogP contribution in [0.25, 0.3) is 11.1 Å². The van der Waals surface area contributed by atoms with Crippen LogP contribution in [0.3, 0.4) is 0 Å². The maximum absolute atomic E-state index is 12.6. The predicted molar refractivity (Wildman–Crippen MR) is 453 cm³/mol. The number of benzene rings is 8. The minimum atomic E-state index is -0.479. The molecule has 0 bridgehead atoms. The molecule has 0 N–H and O–H groups in total. The smallest absolute Gasteiger partial charge is 0.343 e.